The van der Waals surface area contributed by atoms with Gasteiger partial charge in [-0.1, -0.05) is 0 Å². The number of anilines is 1. The Hall–Kier alpha value is -3.89. The lowest BCUT2D eigenvalue weighted by molar-refractivity contribution is 0.145. The van der Waals surface area contributed by atoms with E-state index in [9.17, 15) is 13.2 Å². The summed E-state index contributed by atoms with van der Waals surface area (Å²) in [6.07, 6.45) is 0.277. The summed E-state index contributed by atoms with van der Waals surface area (Å²) >= 11 is 0. The van der Waals surface area contributed by atoms with Gasteiger partial charge in [0.2, 0.25) is 0 Å². The van der Waals surface area contributed by atoms with Crippen LogP contribution in [0.4, 0.5) is 19.0 Å². The first-order valence-corrected chi connectivity index (χ1v) is 11.3. The molecule has 2 aliphatic rings. The van der Waals surface area contributed by atoms with Crippen molar-refractivity contribution in [3.8, 4) is 11.4 Å². The molecule has 3 aromatic rings. The molecule has 0 spiro atoms. The number of nitrogens with two attached hydrogens (primary N) is 1. The Morgan fingerprint density at radius 1 is 1.29 bits per heavy atom. The fraction of sp³-hybridized carbons (Fsp3) is 0.333. The van der Waals surface area contributed by atoms with Gasteiger partial charge in [-0.05, 0) is 56.0 Å². The van der Waals surface area contributed by atoms with Crippen LogP contribution in [0.2, 0.25) is 0 Å². The molecule has 4 N–H and O–H groups in total. The average molecular weight is 483 g/mol. The molecular weight excluding hydrogens is 459 g/mol. The van der Waals surface area contributed by atoms with E-state index in [1.807, 2.05) is 0 Å². The second kappa shape index (κ2) is 9.05. The molecule has 1 aliphatic carbocycles. The van der Waals surface area contributed by atoms with Crippen LogP contribution in [0.1, 0.15) is 54.8 Å². The monoisotopic (exact) mass is 483 g/mol. The van der Waals surface area contributed by atoms with E-state index in [1.165, 1.54) is 28.9 Å². The number of pyridine rings is 1. The van der Waals surface area contributed by atoms with Crippen LogP contribution in [0.25, 0.3) is 11.4 Å². The lowest BCUT2D eigenvalue weighted by atomic mass is 10.0. The predicted molar refractivity (Wildman–Crippen MR) is 123 cm³/mol. The van der Waals surface area contributed by atoms with Crippen LogP contribution in [-0.2, 0) is 6.42 Å². The van der Waals surface area contributed by atoms with Crippen molar-refractivity contribution >= 4 is 11.5 Å². The van der Waals surface area contributed by atoms with Crippen molar-refractivity contribution in [3.05, 3.63) is 70.6 Å². The summed E-state index contributed by atoms with van der Waals surface area (Å²) in [7, 11) is 0. The summed E-state index contributed by atoms with van der Waals surface area (Å²) in [6, 6.07) is 6.96. The molecule has 2 bridgehead atoms. The molecule has 5 rings (SSSR count). The first-order chi connectivity index (χ1) is 16.8. The van der Waals surface area contributed by atoms with E-state index in [1.54, 1.807) is 19.2 Å². The minimum absolute atomic E-state index is 0.0297. The normalized spacial score (nSPS) is 19.7. The minimum atomic E-state index is -2.81. The van der Waals surface area contributed by atoms with E-state index in [2.05, 4.69) is 20.5 Å². The lowest BCUT2D eigenvalue weighted by Crippen LogP contribution is -2.19. The number of nitrogens with zero attached hydrogens (tertiary/aromatic N) is 4. The number of ether oxygens (including phenoxy) is 1. The first-order valence-electron chi connectivity index (χ1n) is 11.3. The SMILES string of the molecule is CC1Oc2cc(cnc2N)/C(NCC2CC2)=C(/N=N)Cc2cc(C(F)F)nn2-c2ccc(F)cc21. The summed E-state index contributed by atoms with van der Waals surface area (Å²) < 4.78 is 49.0. The summed E-state index contributed by atoms with van der Waals surface area (Å²) in [4.78, 5) is 4.25. The van der Waals surface area contributed by atoms with Gasteiger partial charge in [0.05, 0.1) is 22.8 Å². The standard InChI is InChI=1S/C24H24F3N7O/c1-12-17-7-15(25)4-5-20(17)34-16(9-19(33-34)23(26)27)8-18(32-29)22(30-10-13-2-3-13)14-6-21(35-12)24(28)31-11-14/h4-7,9,11-13,23,29-30H,2-3,8,10H2,1H3,(H2,28,31)/b22-18-,32-29?. The molecule has 182 valence electrons. The van der Waals surface area contributed by atoms with Gasteiger partial charge in [0, 0.05) is 30.3 Å². The third-order valence-corrected chi connectivity index (χ3v) is 6.19. The second-order valence-corrected chi connectivity index (χ2v) is 8.78. The van der Waals surface area contributed by atoms with Crippen molar-refractivity contribution in [1.29, 1.82) is 5.53 Å². The Bertz CT molecular complexity index is 1320. The van der Waals surface area contributed by atoms with Gasteiger partial charge in [0.15, 0.2) is 11.6 Å². The number of hydrogen-bond donors (Lipinski definition) is 3. The van der Waals surface area contributed by atoms with E-state index in [0.717, 1.165) is 12.8 Å². The van der Waals surface area contributed by atoms with Crippen molar-refractivity contribution in [1.82, 2.24) is 20.1 Å². The average Bonchev–Trinajstić information content (AvgIpc) is 3.56. The molecule has 1 fully saturated rings. The molecule has 1 aromatic carbocycles. The number of aromatic nitrogens is 3. The molecule has 1 atom stereocenters. The van der Waals surface area contributed by atoms with Crippen LogP contribution < -0.4 is 15.8 Å². The van der Waals surface area contributed by atoms with Gasteiger partial charge in [-0.25, -0.2) is 28.4 Å². The molecular formula is C24H24F3N7O. The minimum Gasteiger partial charge on any atom is -0.482 e. The highest BCUT2D eigenvalue weighted by molar-refractivity contribution is 5.70. The van der Waals surface area contributed by atoms with Crippen LogP contribution in [-0.4, -0.2) is 21.3 Å². The smallest absolute Gasteiger partial charge is 0.282 e. The molecule has 0 amide bonds. The quantitative estimate of drug-likeness (QED) is 0.425. The maximum atomic E-state index is 14.3. The number of nitrogen functional groups attached to an aromatic ring is 1. The molecule has 1 aliphatic heterocycles. The van der Waals surface area contributed by atoms with Crippen molar-refractivity contribution in [2.24, 2.45) is 11.0 Å². The van der Waals surface area contributed by atoms with Gasteiger partial charge in [-0.2, -0.15) is 10.2 Å². The highest BCUT2D eigenvalue weighted by atomic mass is 19.3. The van der Waals surface area contributed by atoms with Crippen LogP contribution in [0.3, 0.4) is 0 Å². The topological polar surface area (TPSA) is 114 Å². The number of halogens is 3. The van der Waals surface area contributed by atoms with Crippen LogP contribution in [0.5, 0.6) is 5.75 Å². The van der Waals surface area contributed by atoms with Gasteiger partial charge in [0.1, 0.15) is 17.6 Å². The molecule has 1 unspecified atom stereocenters. The zero-order chi connectivity index (χ0) is 24.7. The zero-order valence-corrected chi connectivity index (χ0v) is 18.9. The van der Waals surface area contributed by atoms with E-state index < -0.39 is 24.0 Å². The first kappa shape index (κ1) is 22.9. The molecule has 8 nitrogen and oxygen atoms in total. The number of fused-ring (bicyclic) bond motifs is 5. The van der Waals surface area contributed by atoms with Crippen LogP contribution in [0, 0.1) is 17.3 Å². The maximum absolute atomic E-state index is 14.3. The van der Waals surface area contributed by atoms with Gasteiger partial charge in [-0.15, -0.1) is 0 Å². The van der Waals surface area contributed by atoms with E-state index >= 15 is 0 Å². The molecule has 3 heterocycles. The second-order valence-electron chi connectivity index (χ2n) is 8.78. The van der Waals surface area contributed by atoms with Gasteiger partial charge < -0.3 is 15.8 Å². The van der Waals surface area contributed by atoms with Gasteiger partial charge in [0.25, 0.3) is 6.43 Å². The maximum Gasteiger partial charge on any atom is 0.282 e. The van der Waals surface area contributed by atoms with Crippen molar-refractivity contribution in [2.45, 2.75) is 38.7 Å². The van der Waals surface area contributed by atoms with Crippen LogP contribution >= 0.6 is 0 Å². The van der Waals surface area contributed by atoms with Crippen molar-refractivity contribution in [2.75, 3.05) is 12.3 Å². The molecule has 11 heteroatoms. The summed E-state index contributed by atoms with van der Waals surface area (Å²) in [6.45, 7) is 2.38. The number of hydrogen-bond acceptors (Lipinski definition) is 7. The van der Waals surface area contributed by atoms with E-state index in [0.29, 0.717) is 46.4 Å². The number of allylic oxidation sites excluding steroid dienone is 1. The largest absolute Gasteiger partial charge is 0.482 e. The number of benzene rings is 1. The predicted octanol–water partition coefficient (Wildman–Crippen LogP) is 5.32. The van der Waals surface area contributed by atoms with Crippen molar-refractivity contribution < 1.29 is 17.9 Å². The summed E-state index contributed by atoms with van der Waals surface area (Å²) in [5.74, 6) is 0.421. The number of alkyl halides is 2. The van der Waals surface area contributed by atoms with Gasteiger partial charge in [-0.3, -0.25) is 0 Å². The fourth-order valence-corrected chi connectivity index (χ4v) is 4.16. The summed E-state index contributed by atoms with van der Waals surface area (Å²) in [5, 5.41) is 11.2. The third kappa shape index (κ3) is 4.58. The van der Waals surface area contributed by atoms with Crippen LogP contribution in [0.15, 0.2) is 47.3 Å². The number of nitrogens with one attached hydrogen (secondary N) is 2. The third-order valence-electron chi connectivity index (χ3n) is 6.19. The number of rotatable bonds is 5. The Morgan fingerprint density at radius 3 is 2.80 bits per heavy atom. The highest BCUT2D eigenvalue weighted by Crippen LogP contribution is 2.35. The Kier molecular flexibility index (Phi) is 5.91. The molecule has 35 heavy (non-hydrogen) atoms. The molecule has 1 saturated carbocycles. The fourth-order valence-electron chi connectivity index (χ4n) is 4.16. The van der Waals surface area contributed by atoms with Crippen molar-refractivity contribution in [3.63, 3.8) is 0 Å². The molecule has 0 radical (unpaired) electrons. The lowest BCUT2D eigenvalue weighted by Gasteiger charge is -2.22. The summed E-state index contributed by atoms with van der Waals surface area (Å²) in [5.41, 5.74) is 16.1. The van der Waals surface area contributed by atoms with E-state index in [4.69, 9.17) is 16.0 Å². The van der Waals surface area contributed by atoms with E-state index in [-0.39, 0.29) is 18.0 Å². The Balaban J connectivity index is 1.75. The zero-order valence-electron chi connectivity index (χ0n) is 18.9. The highest BCUT2D eigenvalue weighted by Gasteiger charge is 2.26. The molecule has 2 aromatic heterocycles. The Labute approximate surface area is 199 Å². The molecule has 0 saturated heterocycles. The Morgan fingerprint density at radius 2 is 2.09 bits per heavy atom. The van der Waals surface area contributed by atoms with Gasteiger partial charge >= 0.3 is 0 Å².